The molecule has 1 atom stereocenters. The first-order chi connectivity index (χ1) is 9.27. The number of hydrogen-bond donors (Lipinski definition) is 1. The molecule has 0 unspecified atom stereocenters. The highest BCUT2D eigenvalue weighted by atomic mass is 32.2. The number of amides is 1. The van der Waals surface area contributed by atoms with Crippen molar-refractivity contribution in [3.8, 4) is 0 Å². The Morgan fingerprint density at radius 2 is 2.47 bits per heavy atom. The molecular weight excluding hydrogens is 278 g/mol. The summed E-state index contributed by atoms with van der Waals surface area (Å²) in [7, 11) is 0. The molecule has 100 valence electrons. The number of carbonyl (C=O) groups is 1. The maximum atomic E-state index is 12.7. The van der Waals surface area contributed by atoms with Crippen LogP contribution in [-0.2, 0) is 0 Å². The van der Waals surface area contributed by atoms with E-state index in [-0.39, 0.29) is 11.9 Å². The highest BCUT2D eigenvalue weighted by Crippen LogP contribution is 2.32. The molecule has 2 aromatic heterocycles. The molecule has 1 aliphatic heterocycles. The summed E-state index contributed by atoms with van der Waals surface area (Å²) in [6.45, 7) is 2.72. The fraction of sp³-hybridized carbons (Fsp3) is 0.385. The normalized spacial score (nSPS) is 19.6. The van der Waals surface area contributed by atoms with Crippen molar-refractivity contribution < 1.29 is 4.79 Å². The van der Waals surface area contributed by atoms with Gasteiger partial charge in [0.2, 0.25) is 0 Å². The Kier molecular flexibility index (Phi) is 3.61. The molecule has 0 radical (unpaired) electrons. The van der Waals surface area contributed by atoms with Crippen LogP contribution < -0.4 is 0 Å². The Morgan fingerprint density at radius 1 is 1.58 bits per heavy atom. The molecule has 2 aromatic rings. The van der Waals surface area contributed by atoms with E-state index in [1.165, 1.54) is 0 Å². The lowest BCUT2D eigenvalue weighted by molar-refractivity contribution is 0.0700. The van der Waals surface area contributed by atoms with Gasteiger partial charge in [0.25, 0.3) is 5.91 Å². The average Bonchev–Trinajstić information content (AvgIpc) is 3.09. The lowest BCUT2D eigenvalue weighted by Gasteiger charge is -2.34. The fourth-order valence-corrected chi connectivity index (χ4v) is 4.20. The molecule has 19 heavy (non-hydrogen) atoms. The molecule has 1 aliphatic rings. The second kappa shape index (κ2) is 5.38. The Morgan fingerprint density at radius 3 is 3.16 bits per heavy atom. The van der Waals surface area contributed by atoms with Crippen LogP contribution in [0.5, 0.6) is 0 Å². The smallest absolute Gasteiger partial charge is 0.256 e. The number of hydrogen-bond acceptors (Lipinski definition) is 4. The highest BCUT2D eigenvalue weighted by molar-refractivity contribution is 7.99. The van der Waals surface area contributed by atoms with E-state index in [0.29, 0.717) is 0 Å². The Labute approximate surface area is 120 Å². The van der Waals surface area contributed by atoms with Crippen LogP contribution in [0.25, 0.3) is 0 Å². The third-order valence-electron chi connectivity index (χ3n) is 3.31. The summed E-state index contributed by atoms with van der Waals surface area (Å²) < 4.78 is 0. The number of rotatable bonds is 2. The first-order valence-electron chi connectivity index (χ1n) is 6.19. The molecule has 0 saturated carbocycles. The van der Waals surface area contributed by atoms with Gasteiger partial charge in [-0.3, -0.25) is 4.79 Å². The monoisotopic (exact) mass is 293 g/mol. The van der Waals surface area contributed by atoms with Gasteiger partial charge in [-0.1, -0.05) is 0 Å². The van der Waals surface area contributed by atoms with Crippen molar-refractivity contribution in [3.63, 3.8) is 0 Å². The molecule has 1 saturated heterocycles. The highest BCUT2D eigenvalue weighted by Gasteiger charge is 2.31. The van der Waals surface area contributed by atoms with Gasteiger partial charge in [-0.2, -0.15) is 11.8 Å². The fourth-order valence-electron chi connectivity index (χ4n) is 2.29. The molecular formula is C13H15N3OS2. The molecule has 6 heteroatoms. The lowest BCUT2D eigenvalue weighted by Crippen LogP contribution is -2.40. The number of aryl methyl sites for hydroxylation is 1. The van der Waals surface area contributed by atoms with E-state index in [0.717, 1.165) is 34.3 Å². The van der Waals surface area contributed by atoms with E-state index in [2.05, 4.69) is 9.97 Å². The van der Waals surface area contributed by atoms with Gasteiger partial charge in [0, 0.05) is 41.5 Å². The first kappa shape index (κ1) is 12.7. The zero-order chi connectivity index (χ0) is 13.2. The van der Waals surface area contributed by atoms with Crippen LogP contribution in [0.15, 0.2) is 23.8 Å². The van der Waals surface area contributed by atoms with Crippen molar-refractivity contribution in [2.24, 2.45) is 0 Å². The summed E-state index contributed by atoms with van der Waals surface area (Å²) in [6.07, 6.45) is 3.63. The van der Waals surface area contributed by atoms with E-state index in [4.69, 9.17) is 0 Å². The minimum Gasteiger partial charge on any atom is -0.365 e. The van der Waals surface area contributed by atoms with Gasteiger partial charge in [0.15, 0.2) is 0 Å². The van der Waals surface area contributed by atoms with Gasteiger partial charge in [-0.15, -0.1) is 11.3 Å². The second-order valence-corrected chi connectivity index (χ2v) is 6.55. The van der Waals surface area contributed by atoms with Crippen LogP contribution in [0.1, 0.15) is 27.1 Å². The van der Waals surface area contributed by atoms with Crippen molar-refractivity contribution in [1.82, 2.24) is 14.9 Å². The van der Waals surface area contributed by atoms with Gasteiger partial charge in [0.05, 0.1) is 11.6 Å². The number of thioether (sulfide) groups is 1. The SMILES string of the molecule is Cc1[nH]ccc1C(=O)N1CCSC[C@@H]1c1nccs1. The van der Waals surface area contributed by atoms with Crippen molar-refractivity contribution in [3.05, 3.63) is 40.1 Å². The summed E-state index contributed by atoms with van der Waals surface area (Å²) in [5.41, 5.74) is 1.70. The predicted molar refractivity (Wildman–Crippen MR) is 78.7 cm³/mol. The number of thiazole rings is 1. The lowest BCUT2D eigenvalue weighted by atomic mass is 10.2. The van der Waals surface area contributed by atoms with Gasteiger partial charge in [-0.05, 0) is 13.0 Å². The third-order valence-corrected chi connectivity index (χ3v) is 5.21. The van der Waals surface area contributed by atoms with Crippen LogP contribution in [0.3, 0.4) is 0 Å². The molecule has 0 aromatic carbocycles. The molecule has 1 N–H and O–H groups in total. The largest absolute Gasteiger partial charge is 0.365 e. The summed E-state index contributed by atoms with van der Waals surface area (Å²) in [5.74, 6) is 2.04. The third kappa shape index (κ3) is 2.42. The Bertz CT molecular complexity index is 564. The van der Waals surface area contributed by atoms with E-state index in [9.17, 15) is 4.79 Å². The topological polar surface area (TPSA) is 49.0 Å². The molecule has 4 nitrogen and oxygen atoms in total. The van der Waals surface area contributed by atoms with Crippen molar-refractivity contribution in [2.45, 2.75) is 13.0 Å². The number of aromatic nitrogens is 2. The predicted octanol–water partition coefficient (Wildman–Crippen LogP) is 2.71. The zero-order valence-electron chi connectivity index (χ0n) is 10.6. The summed E-state index contributed by atoms with van der Waals surface area (Å²) in [4.78, 5) is 22.1. The van der Waals surface area contributed by atoms with E-state index in [1.807, 2.05) is 47.4 Å². The number of nitrogens with one attached hydrogen (secondary N) is 1. The van der Waals surface area contributed by atoms with E-state index >= 15 is 0 Å². The van der Waals surface area contributed by atoms with Gasteiger partial charge in [-0.25, -0.2) is 4.98 Å². The van der Waals surface area contributed by atoms with Crippen molar-refractivity contribution >= 4 is 29.0 Å². The van der Waals surface area contributed by atoms with Crippen LogP contribution in [0.4, 0.5) is 0 Å². The van der Waals surface area contributed by atoms with E-state index < -0.39 is 0 Å². The standard InChI is InChI=1S/C13H15N3OS2/c1-9-10(2-3-14-9)13(17)16-5-7-18-8-11(16)12-15-4-6-19-12/h2-4,6,11,14H,5,7-8H2,1H3/t11-/m1/s1. The molecule has 3 heterocycles. The molecule has 0 spiro atoms. The number of aromatic amines is 1. The van der Waals surface area contributed by atoms with Crippen LogP contribution >= 0.6 is 23.1 Å². The van der Waals surface area contributed by atoms with Crippen molar-refractivity contribution in [1.29, 1.82) is 0 Å². The van der Waals surface area contributed by atoms with Gasteiger partial charge < -0.3 is 9.88 Å². The molecule has 0 aliphatic carbocycles. The van der Waals surface area contributed by atoms with E-state index in [1.54, 1.807) is 11.3 Å². The quantitative estimate of drug-likeness (QED) is 0.926. The maximum absolute atomic E-state index is 12.7. The minimum atomic E-state index is 0.110. The number of nitrogens with zero attached hydrogens (tertiary/aromatic N) is 2. The summed E-state index contributed by atoms with van der Waals surface area (Å²) in [5, 5.41) is 3.01. The average molecular weight is 293 g/mol. The van der Waals surface area contributed by atoms with Crippen molar-refractivity contribution in [2.75, 3.05) is 18.1 Å². The number of H-pyrrole nitrogens is 1. The maximum Gasteiger partial charge on any atom is 0.256 e. The molecule has 3 rings (SSSR count). The first-order valence-corrected chi connectivity index (χ1v) is 8.23. The summed E-state index contributed by atoms with van der Waals surface area (Å²) >= 11 is 3.51. The molecule has 1 amide bonds. The van der Waals surface area contributed by atoms with Crippen LogP contribution in [0.2, 0.25) is 0 Å². The van der Waals surface area contributed by atoms with Gasteiger partial charge in [0.1, 0.15) is 5.01 Å². The summed E-state index contributed by atoms with van der Waals surface area (Å²) in [6, 6.07) is 1.97. The van der Waals surface area contributed by atoms with Gasteiger partial charge >= 0.3 is 0 Å². The number of carbonyl (C=O) groups excluding carboxylic acids is 1. The van der Waals surface area contributed by atoms with Crippen LogP contribution in [-0.4, -0.2) is 38.8 Å². The zero-order valence-corrected chi connectivity index (χ0v) is 12.3. The van der Waals surface area contributed by atoms with Crippen LogP contribution in [0, 0.1) is 6.92 Å². The minimum absolute atomic E-state index is 0.110. The molecule has 0 bridgehead atoms. The Hall–Kier alpha value is -1.27. The Balaban J connectivity index is 1.89. The second-order valence-electron chi connectivity index (χ2n) is 4.48. The molecule has 1 fully saturated rings.